The lowest BCUT2D eigenvalue weighted by molar-refractivity contribution is -0.890. The molecule has 4 aliphatic rings. The van der Waals surface area contributed by atoms with Crippen molar-refractivity contribution < 1.29 is 14.4 Å². The Bertz CT molecular complexity index is 782. The highest BCUT2D eigenvalue weighted by Crippen LogP contribution is 2.68. The zero-order valence-electron chi connectivity index (χ0n) is 26.1. The fraction of sp³-hybridized carbons (Fsp3) is 0.971. The number of aliphatic hydroxyl groups excluding tert-OH is 1. The minimum atomic E-state index is -0.0473. The van der Waals surface area contributed by atoms with Gasteiger partial charge in [0.05, 0.1) is 33.3 Å². The largest absolute Gasteiger partial charge is 0.393 e. The van der Waals surface area contributed by atoms with Crippen molar-refractivity contribution in [1.82, 2.24) is 5.32 Å². The average Bonchev–Trinajstić information content (AvgIpc) is 3.23. The average molecular weight is 532 g/mol. The van der Waals surface area contributed by atoms with Crippen molar-refractivity contribution in [3.05, 3.63) is 0 Å². The van der Waals surface area contributed by atoms with Gasteiger partial charge in [0, 0.05) is 19.4 Å². The predicted octanol–water partition coefficient (Wildman–Crippen LogP) is 7.20. The highest BCUT2D eigenvalue weighted by Gasteiger charge is 2.60. The first-order valence-corrected chi connectivity index (χ1v) is 16.8. The van der Waals surface area contributed by atoms with Crippen LogP contribution >= 0.6 is 0 Å². The number of rotatable bonds is 12. The molecule has 0 radical (unpaired) electrons. The molecular formula is C34H63N2O2+. The third-order valence-electron chi connectivity index (χ3n) is 12.9. The molecule has 0 heterocycles. The van der Waals surface area contributed by atoms with E-state index >= 15 is 0 Å². The molecule has 220 valence electrons. The van der Waals surface area contributed by atoms with Gasteiger partial charge in [0.15, 0.2) is 0 Å². The van der Waals surface area contributed by atoms with E-state index in [1.165, 1.54) is 70.8 Å². The quantitative estimate of drug-likeness (QED) is 0.207. The molecule has 4 unspecified atom stereocenters. The van der Waals surface area contributed by atoms with E-state index in [2.05, 4.69) is 47.1 Å². The summed E-state index contributed by atoms with van der Waals surface area (Å²) in [6, 6.07) is 0. The molecule has 4 nitrogen and oxygen atoms in total. The number of carbonyl (C=O) groups excluding carboxylic acids is 1. The van der Waals surface area contributed by atoms with Crippen LogP contribution in [0.4, 0.5) is 0 Å². The number of hydrogen-bond donors (Lipinski definition) is 2. The summed E-state index contributed by atoms with van der Waals surface area (Å²) in [6.45, 7) is 13.2. The van der Waals surface area contributed by atoms with Gasteiger partial charge in [-0.2, -0.15) is 0 Å². The Morgan fingerprint density at radius 1 is 0.947 bits per heavy atom. The first-order chi connectivity index (χ1) is 18.0. The van der Waals surface area contributed by atoms with Crippen LogP contribution in [0.25, 0.3) is 0 Å². The number of amides is 1. The van der Waals surface area contributed by atoms with Crippen molar-refractivity contribution in [2.75, 3.05) is 33.7 Å². The molecule has 0 aromatic heterocycles. The number of unbranched alkanes of at least 4 members (excludes halogenated alkanes) is 2. The van der Waals surface area contributed by atoms with E-state index in [4.69, 9.17) is 0 Å². The van der Waals surface area contributed by atoms with Crippen LogP contribution in [0, 0.1) is 46.3 Å². The van der Waals surface area contributed by atoms with Crippen LogP contribution in [-0.2, 0) is 4.79 Å². The van der Waals surface area contributed by atoms with E-state index in [0.29, 0.717) is 23.2 Å². The maximum atomic E-state index is 12.7. The maximum Gasteiger partial charge on any atom is 0.220 e. The highest BCUT2D eigenvalue weighted by molar-refractivity contribution is 5.75. The molecule has 4 rings (SSSR count). The number of fused-ring (bicyclic) bond motifs is 5. The molecule has 1 amide bonds. The smallest absolute Gasteiger partial charge is 0.220 e. The van der Waals surface area contributed by atoms with E-state index < -0.39 is 0 Å². The SMILES string of the molecule is CCCCC[N+](C)(C)CCCNC(=O)CC[C@@H](C)[C@H]1CCC2C3CCC4C[C@H](O)CC[C@]4(C)C3CC[C@@]21C. The van der Waals surface area contributed by atoms with Crippen molar-refractivity contribution in [2.45, 2.75) is 130 Å². The van der Waals surface area contributed by atoms with Crippen molar-refractivity contribution in [2.24, 2.45) is 46.3 Å². The molecule has 0 aromatic rings. The van der Waals surface area contributed by atoms with Gasteiger partial charge < -0.3 is 14.9 Å². The summed E-state index contributed by atoms with van der Waals surface area (Å²) in [7, 11) is 4.65. The van der Waals surface area contributed by atoms with Gasteiger partial charge in [0.2, 0.25) is 5.91 Å². The molecule has 0 aromatic carbocycles. The van der Waals surface area contributed by atoms with Gasteiger partial charge in [0.1, 0.15) is 0 Å². The summed E-state index contributed by atoms with van der Waals surface area (Å²) in [4.78, 5) is 12.7. The lowest BCUT2D eigenvalue weighted by Crippen LogP contribution is -2.54. The Labute approximate surface area is 235 Å². The molecule has 4 heteroatoms. The van der Waals surface area contributed by atoms with E-state index in [0.717, 1.165) is 72.8 Å². The second-order valence-corrected chi connectivity index (χ2v) is 15.6. The van der Waals surface area contributed by atoms with Gasteiger partial charge in [-0.15, -0.1) is 0 Å². The number of aliphatic hydroxyl groups is 1. The minimum absolute atomic E-state index is 0.0473. The first kappa shape index (κ1) is 30.4. The molecule has 0 bridgehead atoms. The Balaban J connectivity index is 1.23. The van der Waals surface area contributed by atoms with Gasteiger partial charge in [0.25, 0.3) is 0 Å². The van der Waals surface area contributed by atoms with Crippen LogP contribution in [0.5, 0.6) is 0 Å². The lowest BCUT2D eigenvalue weighted by Gasteiger charge is -2.61. The molecule has 4 fully saturated rings. The van der Waals surface area contributed by atoms with Gasteiger partial charge >= 0.3 is 0 Å². The molecule has 2 N–H and O–H groups in total. The van der Waals surface area contributed by atoms with Crippen LogP contribution in [0.2, 0.25) is 0 Å². The summed E-state index contributed by atoms with van der Waals surface area (Å²) in [5, 5.41) is 13.6. The monoisotopic (exact) mass is 531 g/mol. The third kappa shape index (κ3) is 6.48. The number of hydrogen-bond acceptors (Lipinski definition) is 2. The van der Waals surface area contributed by atoms with Gasteiger partial charge in [-0.25, -0.2) is 0 Å². The van der Waals surface area contributed by atoms with E-state index in [9.17, 15) is 9.90 Å². The van der Waals surface area contributed by atoms with Crippen LogP contribution in [0.1, 0.15) is 124 Å². The number of nitrogens with one attached hydrogen (secondary N) is 1. The highest BCUT2D eigenvalue weighted by atomic mass is 16.3. The van der Waals surface area contributed by atoms with Crippen LogP contribution in [-0.4, -0.2) is 55.3 Å². The van der Waals surface area contributed by atoms with Gasteiger partial charge in [-0.05, 0) is 123 Å². The molecular weight excluding hydrogens is 468 g/mol. The molecule has 9 atom stereocenters. The standard InChI is InChI=1S/C34H62N2O2/c1-7-8-9-22-36(5,6)23-10-21-35-32(38)16-11-25(2)29-14-15-30-28-13-12-26-24-27(37)17-19-33(26,3)31(28)18-20-34(29,30)4/h25-31,37H,7-24H2,1-6H3/p+1/t25-,26?,27-,28?,29-,30?,31?,33+,34-/m1/s1. The summed E-state index contributed by atoms with van der Waals surface area (Å²) >= 11 is 0. The summed E-state index contributed by atoms with van der Waals surface area (Å²) in [6.07, 6.45) is 18.3. The normalized spacial score (nSPS) is 39.7. The third-order valence-corrected chi connectivity index (χ3v) is 12.9. The topological polar surface area (TPSA) is 49.3 Å². The Hall–Kier alpha value is -0.610. The number of carbonyl (C=O) groups is 1. The van der Waals surface area contributed by atoms with Crippen molar-refractivity contribution in [3.63, 3.8) is 0 Å². The molecule has 0 aliphatic heterocycles. The molecule has 0 saturated heterocycles. The Morgan fingerprint density at radius 2 is 1.66 bits per heavy atom. The van der Waals surface area contributed by atoms with Gasteiger partial charge in [-0.1, -0.05) is 34.1 Å². The summed E-state index contributed by atoms with van der Waals surface area (Å²) < 4.78 is 1.07. The molecule has 38 heavy (non-hydrogen) atoms. The van der Waals surface area contributed by atoms with E-state index in [1.54, 1.807) is 0 Å². The second-order valence-electron chi connectivity index (χ2n) is 15.6. The molecule has 0 spiro atoms. The van der Waals surface area contributed by atoms with E-state index in [-0.39, 0.29) is 12.0 Å². The van der Waals surface area contributed by atoms with E-state index in [1.807, 2.05) is 0 Å². The van der Waals surface area contributed by atoms with Crippen LogP contribution in [0.15, 0.2) is 0 Å². The van der Waals surface area contributed by atoms with Crippen molar-refractivity contribution in [1.29, 1.82) is 0 Å². The number of quaternary nitrogens is 1. The molecule has 4 saturated carbocycles. The zero-order valence-corrected chi connectivity index (χ0v) is 26.1. The Morgan fingerprint density at radius 3 is 2.42 bits per heavy atom. The fourth-order valence-electron chi connectivity index (χ4n) is 10.5. The van der Waals surface area contributed by atoms with Crippen molar-refractivity contribution in [3.8, 4) is 0 Å². The summed E-state index contributed by atoms with van der Waals surface area (Å²) in [5.41, 5.74) is 0.935. The van der Waals surface area contributed by atoms with Crippen LogP contribution < -0.4 is 5.32 Å². The maximum absolute atomic E-state index is 12.7. The zero-order chi connectivity index (χ0) is 27.6. The Kier molecular flexibility index (Phi) is 9.98. The van der Waals surface area contributed by atoms with Crippen molar-refractivity contribution >= 4 is 5.91 Å². The first-order valence-electron chi connectivity index (χ1n) is 16.8. The predicted molar refractivity (Wildman–Crippen MR) is 159 cm³/mol. The molecule has 4 aliphatic carbocycles. The second kappa shape index (κ2) is 12.5. The minimum Gasteiger partial charge on any atom is -0.393 e. The summed E-state index contributed by atoms with van der Waals surface area (Å²) in [5.74, 6) is 5.09. The number of nitrogens with zero attached hydrogens (tertiary/aromatic N) is 1. The van der Waals surface area contributed by atoms with Gasteiger partial charge in [-0.3, -0.25) is 4.79 Å². The fourth-order valence-corrected chi connectivity index (χ4v) is 10.5. The van der Waals surface area contributed by atoms with Crippen LogP contribution in [0.3, 0.4) is 0 Å². The lowest BCUT2D eigenvalue weighted by atomic mass is 9.44.